The number of pyridine rings is 1. The lowest BCUT2D eigenvalue weighted by molar-refractivity contribution is 0.232. The van der Waals surface area contributed by atoms with Crippen LogP contribution in [0.1, 0.15) is 50.1 Å². The highest BCUT2D eigenvalue weighted by molar-refractivity contribution is 5.75. The van der Waals surface area contributed by atoms with E-state index in [9.17, 15) is 4.79 Å². The van der Waals surface area contributed by atoms with Crippen molar-refractivity contribution in [2.24, 2.45) is 0 Å². The quantitative estimate of drug-likeness (QED) is 0.583. The van der Waals surface area contributed by atoms with E-state index in [1.165, 1.54) is 5.56 Å². The average Bonchev–Trinajstić information content (AvgIpc) is 2.73. The molecule has 0 saturated heterocycles. The molecule has 2 atom stereocenters. The summed E-state index contributed by atoms with van der Waals surface area (Å²) in [5.74, 6) is 0. The van der Waals surface area contributed by atoms with E-state index in [2.05, 4.69) is 53.7 Å². The first-order valence-electron chi connectivity index (χ1n) is 10.0. The average molecular weight is 388 g/mol. The van der Waals surface area contributed by atoms with Crippen molar-refractivity contribution >= 4 is 6.03 Å². The number of aromatic nitrogens is 1. The van der Waals surface area contributed by atoms with Crippen molar-refractivity contribution in [3.63, 3.8) is 0 Å². The molecule has 2 N–H and O–H groups in total. The summed E-state index contributed by atoms with van der Waals surface area (Å²) in [4.78, 5) is 17.2. The van der Waals surface area contributed by atoms with Crippen molar-refractivity contribution in [1.29, 1.82) is 0 Å². The van der Waals surface area contributed by atoms with Gasteiger partial charge in [-0.25, -0.2) is 4.79 Å². The Morgan fingerprint density at radius 2 is 1.52 bits per heavy atom. The lowest BCUT2D eigenvalue weighted by Gasteiger charge is -2.29. The highest BCUT2D eigenvalue weighted by Crippen LogP contribution is 2.28. The largest absolute Gasteiger partial charge is 0.336 e. The van der Waals surface area contributed by atoms with Crippen LogP contribution in [0.25, 0.3) is 0 Å². The summed E-state index contributed by atoms with van der Waals surface area (Å²) >= 11 is 0. The van der Waals surface area contributed by atoms with Crippen LogP contribution in [-0.4, -0.2) is 17.1 Å². The maximum atomic E-state index is 12.8. The van der Waals surface area contributed by atoms with Crippen molar-refractivity contribution in [3.05, 3.63) is 102 Å². The van der Waals surface area contributed by atoms with Gasteiger partial charge in [-0.15, -0.1) is 0 Å². The molecule has 2 aromatic carbocycles. The first kappa shape index (κ1) is 20.6. The van der Waals surface area contributed by atoms with Gasteiger partial charge in [-0.1, -0.05) is 80.6 Å². The number of urea groups is 1. The van der Waals surface area contributed by atoms with Gasteiger partial charge in [-0.05, 0) is 42.0 Å². The van der Waals surface area contributed by atoms with Gasteiger partial charge in [-0.2, -0.15) is 0 Å². The number of benzene rings is 2. The van der Waals surface area contributed by atoms with Crippen LogP contribution in [0.5, 0.6) is 0 Å². The van der Waals surface area contributed by atoms with Crippen LogP contribution in [0, 0.1) is 0 Å². The Kier molecular flexibility index (Phi) is 6.65. The summed E-state index contributed by atoms with van der Waals surface area (Å²) in [7, 11) is 0. The molecule has 4 heteroatoms. The molecule has 3 aromatic rings. The van der Waals surface area contributed by atoms with Gasteiger partial charge in [0, 0.05) is 12.2 Å². The number of carbonyl (C=O) groups is 1. The van der Waals surface area contributed by atoms with E-state index in [-0.39, 0.29) is 23.5 Å². The maximum absolute atomic E-state index is 12.8. The molecular weight excluding hydrogens is 358 g/mol. The van der Waals surface area contributed by atoms with Crippen LogP contribution in [0.4, 0.5) is 4.79 Å². The molecule has 0 saturated carbocycles. The minimum Gasteiger partial charge on any atom is -0.336 e. The summed E-state index contributed by atoms with van der Waals surface area (Å²) in [6, 6.07) is 25.6. The van der Waals surface area contributed by atoms with E-state index in [0.717, 1.165) is 17.7 Å². The Morgan fingerprint density at radius 1 is 0.897 bits per heavy atom. The summed E-state index contributed by atoms with van der Waals surface area (Å²) < 4.78 is 0. The van der Waals surface area contributed by atoms with Crippen molar-refractivity contribution in [2.45, 2.75) is 44.7 Å². The summed E-state index contributed by atoms with van der Waals surface area (Å²) in [6.45, 7) is 6.46. The zero-order valence-electron chi connectivity index (χ0n) is 17.3. The molecule has 0 aliphatic rings. The Labute approximate surface area is 173 Å². The summed E-state index contributed by atoms with van der Waals surface area (Å²) in [5, 5.41) is 6.19. The molecule has 0 aliphatic carbocycles. The first-order valence-corrected chi connectivity index (χ1v) is 10.0. The second-order valence-corrected chi connectivity index (χ2v) is 8.07. The van der Waals surface area contributed by atoms with Crippen molar-refractivity contribution in [2.75, 3.05) is 0 Å². The summed E-state index contributed by atoms with van der Waals surface area (Å²) in [5.41, 5.74) is 3.04. The Bertz CT molecular complexity index is 856. The van der Waals surface area contributed by atoms with E-state index in [4.69, 9.17) is 0 Å². The van der Waals surface area contributed by atoms with Gasteiger partial charge >= 0.3 is 6.03 Å². The highest BCUT2D eigenvalue weighted by atomic mass is 16.2. The van der Waals surface area contributed by atoms with Crippen LogP contribution >= 0.6 is 0 Å². The fraction of sp³-hybridized carbons (Fsp3) is 0.280. The fourth-order valence-electron chi connectivity index (χ4n) is 3.74. The van der Waals surface area contributed by atoms with E-state index in [1.54, 1.807) is 6.20 Å². The molecule has 29 heavy (non-hydrogen) atoms. The third kappa shape index (κ3) is 5.67. The van der Waals surface area contributed by atoms with Gasteiger partial charge in [0.25, 0.3) is 0 Å². The highest BCUT2D eigenvalue weighted by Gasteiger charge is 2.25. The second kappa shape index (κ2) is 9.37. The second-order valence-electron chi connectivity index (χ2n) is 8.07. The minimum atomic E-state index is -0.299. The SMILES string of the molecule is CC(CC(C)(C)c1ccccc1)NC(=O)NC(c1ccccc1)c1ccccn1. The van der Waals surface area contributed by atoms with Crippen LogP contribution in [0.3, 0.4) is 0 Å². The molecule has 1 aromatic heterocycles. The van der Waals surface area contributed by atoms with Crippen LogP contribution in [0.2, 0.25) is 0 Å². The predicted molar refractivity (Wildman–Crippen MR) is 118 cm³/mol. The zero-order valence-corrected chi connectivity index (χ0v) is 17.3. The van der Waals surface area contributed by atoms with Crippen LogP contribution < -0.4 is 10.6 Å². The number of amides is 2. The van der Waals surface area contributed by atoms with E-state index < -0.39 is 0 Å². The first-order chi connectivity index (χ1) is 14.0. The monoisotopic (exact) mass is 387 g/mol. The normalized spacial score (nSPS) is 13.3. The molecule has 2 amide bonds. The lowest BCUT2D eigenvalue weighted by atomic mass is 9.79. The third-order valence-electron chi connectivity index (χ3n) is 5.14. The van der Waals surface area contributed by atoms with Crippen molar-refractivity contribution in [3.8, 4) is 0 Å². The maximum Gasteiger partial charge on any atom is 0.315 e. The molecule has 0 bridgehead atoms. The standard InChI is InChI=1S/C25H29N3O/c1-19(18-25(2,3)21-14-8-5-9-15-21)27-24(29)28-23(20-12-6-4-7-13-20)22-16-10-11-17-26-22/h4-17,19,23H,18H2,1-3H3,(H2,27,28,29). The third-order valence-corrected chi connectivity index (χ3v) is 5.14. The van der Waals surface area contributed by atoms with E-state index in [0.29, 0.717) is 0 Å². The smallest absolute Gasteiger partial charge is 0.315 e. The van der Waals surface area contributed by atoms with Gasteiger partial charge in [0.15, 0.2) is 0 Å². The van der Waals surface area contributed by atoms with Crippen molar-refractivity contribution < 1.29 is 4.79 Å². The Morgan fingerprint density at radius 3 is 2.14 bits per heavy atom. The van der Waals surface area contributed by atoms with Gasteiger partial charge < -0.3 is 10.6 Å². The van der Waals surface area contributed by atoms with Gasteiger partial charge in [-0.3, -0.25) is 4.98 Å². The van der Waals surface area contributed by atoms with Crippen LogP contribution in [-0.2, 0) is 5.41 Å². The molecule has 3 rings (SSSR count). The van der Waals surface area contributed by atoms with Gasteiger partial charge in [0.2, 0.25) is 0 Å². The summed E-state index contributed by atoms with van der Waals surface area (Å²) in [6.07, 6.45) is 2.58. The molecule has 0 aliphatic heterocycles. The molecular formula is C25H29N3O. The van der Waals surface area contributed by atoms with E-state index in [1.807, 2.05) is 61.5 Å². The van der Waals surface area contributed by atoms with Gasteiger partial charge in [0.1, 0.15) is 0 Å². The molecule has 0 radical (unpaired) electrons. The zero-order chi connectivity index (χ0) is 20.7. The number of hydrogen-bond acceptors (Lipinski definition) is 2. The fourth-order valence-corrected chi connectivity index (χ4v) is 3.74. The Hall–Kier alpha value is -3.14. The number of carbonyl (C=O) groups excluding carboxylic acids is 1. The molecule has 2 unspecified atom stereocenters. The number of rotatable bonds is 7. The molecule has 0 spiro atoms. The number of nitrogens with zero attached hydrogens (tertiary/aromatic N) is 1. The number of nitrogens with one attached hydrogen (secondary N) is 2. The number of hydrogen-bond donors (Lipinski definition) is 2. The van der Waals surface area contributed by atoms with Crippen LogP contribution in [0.15, 0.2) is 85.1 Å². The molecule has 1 heterocycles. The topological polar surface area (TPSA) is 54.0 Å². The van der Waals surface area contributed by atoms with E-state index >= 15 is 0 Å². The molecule has 4 nitrogen and oxygen atoms in total. The predicted octanol–water partition coefficient (Wildman–Crippen LogP) is 5.23. The minimum absolute atomic E-state index is 0.0189. The molecule has 0 fully saturated rings. The van der Waals surface area contributed by atoms with Gasteiger partial charge in [0.05, 0.1) is 11.7 Å². The lowest BCUT2D eigenvalue weighted by Crippen LogP contribution is -2.44. The molecule has 150 valence electrons. The Balaban J connectivity index is 1.67. The van der Waals surface area contributed by atoms with Crippen molar-refractivity contribution in [1.82, 2.24) is 15.6 Å².